The monoisotopic (exact) mass is 260 g/mol. The van der Waals surface area contributed by atoms with Gasteiger partial charge in [0.15, 0.2) is 0 Å². The number of anilines is 1. The molecule has 3 heteroatoms. The van der Waals surface area contributed by atoms with Crippen LogP contribution in [0.3, 0.4) is 0 Å². The van der Waals surface area contributed by atoms with Gasteiger partial charge in [-0.2, -0.15) is 0 Å². The number of benzene rings is 1. The summed E-state index contributed by atoms with van der Waals surface area (Å²) >= 11 is 0. The summed E-state index contributed by atoms with van der Waals surface area (Å²) in [5, 5.41) is 0. The van der Waals surface area contributed by atoms with Crippen LogP contribution < -0.4 is 10.6 Å². The van der Waals surface area contributed by atoms with Crippen LogP contribution in [0, 0.1) is 5.41 Å². The molecule has 2 aliphatic rings. The van der Waals surface area contributed by atoms with Crippen LogP contribution in [0.4, 0.5) is 5.69 Å². The Kier molecular flexibility index (Phi) is 3.76. The van der Waals surface area contributed by atoms with Gasteiger partial charge in [0.2, 0.25) is 0 Å². The van der Waals surface area contributed by atoms with Crippen LogP contribution in [0.25, 0.3) is 0 Å². The fourth-order valence-corrected chi connectivity index (χ4v) is 3.41. The highest BCUT2D eigenvalue weighted by Crippen LogP contribution is 2.35. The number of nitrogens with two attached hydrogens (primary N) is 1. The Morgan fingerprint density at radius 3 is 2.79 bits per heavy atom. The molecule has 3 rings (SSSR count). The van der Waals surface area contributed by atoms with Crippen LogP contribution in [0.1, 0.15) is 24.8 Å². The third-order valence-corrected chi connectivity index (χ3v) is 4.72. The Labute approximate surface area is 115 Å². The molecule has 1 saturated heterocycles. The molecular weight excluding hydrogens is 236 g/mol. The number of hydrogen-bond acceptors (Lipinski definition) is 3. The first-order valence-corrected chi connectivity index (χ1v) is 7.44. The molecule has 0 bridgehead atoms. The van der Waals surface area contributed by atoms with Gasteiger partial charge in [0, 0.05) is 37.4 Å². The van der Waals surface area contributed by atoms with Crippen LogP contribution in [0.2, 0.25) is 0 Å². The third kappa shape index (κ3) is 2.63. The van der Waals surface area contributed by atoms with Crippen molar-refractivity contribution in [3.63, 3.8) is 0 Å². The van der Waals surface area contributed by atoms with Gasteiger partial charge in [0.25, 0.3) is 0 Å². The van der Waals surface area contributed by atoms with E-state index in [0.717, 1.165) is 39.1 Å². The number of fused-ring (bicyclic) bond motifs is 1. The summed E-state index contributed by atoms with van der Waals surface area (Å²) < 4.78 is 5.51. The molecule has 0 radical (unpaired) electrons. The Bertz CT molecular complexity index is 427. The first kappa shape index (κ1) is 12.9. The van der Waals surface area contributed by atoms with Gasteiger partial charge in [-0.3, -0.25) is 0 Å². The Hall–Kier alpha value is -1.06. The molecule has 104 valence electrons. The lowest BCUT2D eigenvalue weighted by molar-refractivity contribution is 0.0223. The molecule has 19 heavy (non-hydrogen) atoms. The van der Waals surface area contributed by atoms with Crippen LogP contribution in [-0.2, 0) is 11.2 Å². The summed E-state index contributed by atoms with van der Waals surface area (Å²) in [6.07, 6.45) is 4.67. The van der Waals surface area contributed by atoms with Crippen molar-refractivity contribution in [3.05, 3.63) is 29.8 Å². The quantitative estimate of drug-likeness (QED) is 0.905. The van der Waals surface area contributed by atoms with E-state index in [4.69, 9.17) is 10.5 Å². The van der Waals surface area contributed by atoms with E-state index >= 15 is 0 Å². The molecular formula is C16H24N2O. The van der Waals surface area contributed by atoms with Crippen molar-refractivity contribution in [1.29, 1.82) is 0 Å². The van der Waals surface area contributed by atoms with E-state index in [1.165, 1.54) is 30.6 Å². The number of hydrogen-bond donors (Lipinski definition) is 1. The van der Waals surface area contributed by atoms with Crippen LogP contribution in [-0.4, -0.2) is 32.8 Å². The van der Waals surface area contributed by atoms with E-state index in [0.29, 0.717) is 0 Å². The third-order valence-electron chi connectivity index (χ3n) is 4.72. The maximum atomic E-state index is 6.09. The molecule has 0 aromatic heterocycles. The lowest BCUT2D eigenvalue weighted by atomic mass is 9.79. The predicted molar refractivity (Wildman–Crippen MR) is 78.5 cm³/mol. The predicted octanol–water partition coefficient (Wildman–Crippen LogP) is 2.19. The SMILES string of the molecule is NCC1(CN2CCCc3ccccc32)CCOCC1. The number of rotatable bonds is 3. The molecule has 0 aliphatic carbocycles. The fourth-order valence-electron chi connectivity index (χ4n) is 3.41. The van der Waals surface area contributed by atoms with Gasteiger partial charge in [-0.15, -0.1) is 0 Å². The topological polar surface area (TPSA) is 38.5 Å². The van der Waals surface area contributed by atoms with E-state index in [-0.39, 0.29) is 5.41 Å². The van der Waals surface area contributed by atoms with Crippen molar-refractivity contribution < 1.29 is 4.74 Å². The summed E-state index contributed by atoms with van der Waals surface area (Å²) in [5.41, 5.74) is 9.26. The Morgan fingerprint density at radius 1 is 1.21 bits per heavy atom. The van der Waals surface area contributed by atoms with Crippen molar-refractivity contribution in [2.75, 3.05) is 37.7 Å². The minimum atomic E-state index is 0.253. The minimum Gasteiger partial charge on any atom is -0.381 e. The molecule has 1 aromatic rings. The lowest BCUT2D eigenvalue weighted by Crippen LogP contribution is -2.47. The molecule has 2 N–H and O–H groups in total. The molecule has 0 unspecified atom stereocenters. The second-order valence-electron chi connectivity index (χ2n) is 5.97. The van der Waals surface area contributed by atoms with Crippen LogP contribution >= 0.6 is 0 Å². The second-order valence-corrected chi connectivity index (χ2v) is 5.97. The Balaban J connectivity index is 1.79. The van der Waals surface area contributed by atoms with Gasteiger partial charge < -0.3 is 15.4 Å². The van der Waals surface area contributed by atoms with Crippen molar-refractivity contribution in [1.82, 2.24) is 0 Å². The molecule has 0 atom stereocenters. The first-order chi connectivity index (χ1) is 9.33. The standard InChI is InChI=1S/C16H24N2O/c17-12-16(7-10-19-11-8-16)13-18-9-3-5-14-4-1-2-6-15(14)18/h1-2,4,6H,3,5,7-13,17H2. The smallest absolute Gasteiger partial charge is 0.0472 e. The van der Waals surface area contributed by atoms with Crippen LogP contribution in [0.5, 0.6) is 0 Å². The fraction of sp³-hybridized carbons (Fsp3) is 0.625. The zero-order valence-corrected chi connectivity index (χ0v) is 11.6. The van der Waals surface area contributed by atoms with Gasteiger partial charge in [-0.1, -0.05) is 18.2 Å². The highest BCUT2D eigenvalue weighted by molar-refractivity contribution is 5.55. The van der Waals surface area contributed by atoms with Gasteiger partial charge in [0.1, 0.15) is 0 Å². The van der Waals surface area contributed by atoms with Crippen molar-refractivity contribution in [2.24, 2.45) is 11.1 Å². The number of ether oxygens (including phenoxy) is 1. The van der Waals surface area contributed by atoms with Crippen molar-refractivity contribution >= 4 is 5.69 Å². The van der Waals surface area contributed by atoms with Gasteiger partial charge >= 0.3 is 0 Å². The highest BCUT2D eigenvalue weighted by Gasteiger charge is 2.34. The highest BCUT2D eigenvalue weighted by atomic mass is 16.5. The Morgan fingerprint density at radius 2 is 2.00 bits per heavy atom. The van der Waals surface area contributed by atoms with Crippen molar-refractivity contribution in [2.45, 2.75) is 25.7 Å². The molecule has 0 spiro atoms. The molecule has 0 amide bonds. The van der Waals surface area contributed by atoms with Gasteiger partial charge in [0.05, 0.1) is 0 Å². The molecule has 1 fully saturated rings. The average molecular weight is 260 g/mol. The molecule has 0 saturated carbocycles. The van der Waals surface area contributed by atoms with E-state index < -0.39 is 0 Å². The van der Waals surface area contributed by atoms with Gasteiger partial charge in [-0.05, 0) is 43.9 Å². The van der Waals surface area contributed by atoms with E-state index in [9.17, 15) is 0 Å². The molecule has 3 nitrogen and oxygen atoms in total. The zero-order chi connectivity index (χ0) is 13.1. The molecule has 2 heterocycles. The van der Waals surface area contributed by atoms with E-state index in [2.05, 4.69) is 29.2 Å². The summed E-state index contributed by atoms with van der Waals surface area (Å²) in [6, 6.07) is 8.82. The lowest BCUT2D eigenvalue weighted by Gasteiger charge is -2.43. The maximum Gasteiger partial charge on any atom is 0.0472 e. The largest absolute Gasteiger partial charge is 0.381 e. The minimum absolute atomic E-state index is 0.253. The number of para-hydroxylation sites is 1. The summed E-state index contributed by atoms with van der Waals surface area (Å²) in [6.45, 7) is 4.76. The van der Waals surface area contributed by atoms with Crippen LogP contribution in [0.15, 0.2) is 24.3 Å². The summed E-state index contributed by atoms with van der Waals surface area (Å²) in [4.78, 5) is 2.55. The van der Waals surface area contributed by atoms with E-state index in [1.54, 1.807) is 0 Å². The van der Waals surface area contributed by atoms with E-state index in [1.807, 2.05) is 0 Å². The number of nitrogens with zero attached hydrogens (tertiary/aromatic N) is 1. The second kappa shape index (κ2) is 5.51. The summed E-state index contributed by atoms with van der Waals surface area (Å²) in [7, 11) is 0. The summed E-state index contributed by atoms with van der Waals surface area (Å²) in [5.74, 6) is 0. The normalized spacial score (nSPS) is 22.1. The molecule has 1 aromatic carbocycles. The maximum absolute atomic E-state index is 6.09. The first-order valence-electron chi connectivity index (χ1n) is 7.44. The van der Waals surface area contributed by atoms with Gasteiger partial charge in [-0.25, -0.2) is 0 Å². The van der Waals surface area contributed by atoms with Crippen molar-refractivity contribution in [3.8, 4) is 0 Å². The molecule has 2 aliphatic heterocycles. The average Bonchev–Trinajstić information content (AvgIpc) is 2.49. The zero-order valence-electron chi connectivity index (χ0n) is 11.6. The number of aryl methyl sites for hydroxylation is 1.